The lowest BCUT2D eigenvalue weighted by atomic mass is 10.1. The van der Waals surface area contributed by atoms with Crippen molar-refractivity contribution in [2.24, 2.45) is 0 Å². The van der Waals surface area contributed by atoms with Crippen molar-refractivity contribution in [1.29, 1.82) is 0 Å². The van der Waals surface area contributed by atoms with Gasteiger partial charge in [0.25, 0.3) is 0 Å². The van der Waals surface area contributed by atoms with Crippen LogP contribution in [0.15, 0.2) is 143 Å². The number of ketones is 1. The molecule has 0 aliphatic carbocycles. The summed E-state index contributed by atoms with van der Waals surface area (Å²) in [6.07, 6.45) is -7.78. The van der Waals surface area contributed by atoms with Gasteiger partial charge in [-0.3, -0.25) is 4.79 Å². The second kappa shape index (κ2) is 32.0. The monoisotopic (exact) mass is 1080 g/mol. The van der Waals surface area contributed by atoms with Crippen LogP contribution in [-0.2, 0) is 31.5 Å². The number of alkyl halides is 6. The molecule has 6 rings (SSSR count). The zero-order chi connectivity index (χ0) is 55.4. The normalized spacial score (nSPS) is 11.4. The zero-order valence-corrected chi connectivity index (χ0v) is 43.2. The third-order valence-corrected chi connectivity index (χ3v) is 12.4. The minimum absolute atomic E-state index is 0.0802. The number of hydrogen-bond acceptors (Lipinski definition) is 14. The van der Waals surface area contributed by atoms with Crippen molar-refractivity contribution < 1.29 is 83.5 Å². The number of thioether (sulfide) groups is 2. The molecule has 0 spiro atoms. The van der Waals surface area contributed by atoms with Crippen molar-refractivity contribution in [2.75, 3.05) is 46.0 Å². The predicted octanol–water partition coefficient (Wildman–Crippen LogP) is 13.1. The maximum atomic E-state index is 12.8. The Morgan fingerprint density at radius 2 is 0.853 bits per heavy atom. The standard InChI is InChI=1S/C28H29F3O4S.C25H25F3O4S.2CO2/c1-4-5-26(32)20-6-10-23(11-7-20)35-24(18-36-25-14-15-27(33-3)19(2)16-25)17-34-22-12-8-21(9-13-22)28(29,30)31;1-17-14-23(12-13-24(17)30-3)33-16-22(32-21-10-8-19(29-2)9-11-21)15-31-20-6-4-18(5-7-20)25(26,27)28;2*2-1-3/h6-16,24H,4-5,17-18H2,1-3H3;4-14,22H,15-16H2,1-3H3;;. The minimum Gasteiger partial charge on any atom is -0.497 e. The Kier molecular flexibility index (Phi) is 26.5. The summed E-state index contributed by atoms with van der Waals surface area (Å²) in [6, 6.07) is 35.2. The highest BCUT2D eigenvalue weighted by Crippen LogP contribution is 2.33. The topological polar surface area (TPSA) is 150 Å². The van der Waals surface area contributed by atoms with Gasteiger partial charge in [0.05, 0.1) is 32.5 Å². The molecule has 6 aromatic carbocycles. The van der Waals surface area contributed by atoms with Gasteiger partial charge in [-0.25, -0.2) is 0 Å². The first-order valence-electron chi connectivity index (χ1n) is 22.5. The maximum Gasteiger partial charge on any atom is 0.416 e. The van der Waals surface area contributed by atoms with Gasteiger partial charge < -0.3 is 33.2 Å². The van der Waals surface area contributed by atoms with Gasteiger partial charge >= 0.3 is 24.7 Å². The summed E-state index contributed by atoms with van der Waals surface area (Å²) in [5.41, 5.74) is 1.21. The van der Waals surface area contributed by atoms with E-state index in [1.165, 1.54) is 24.3 Å². The molecule has 0 saturated heterocycles. The quantitative estimate of drug-likeness (QED) is 0.0360. The Labute approximate surface area is 439 Å². The molecule has 12 nitrogen and oxygen atoms in total. The Morgan fingerprint density at radius 1 is 0.507 bits per heavy atom. The van der Waals surface area contributed by atoms with E-state index in [4.69, 9.17) is 52.3 Å². The van der Waals surface area contributed by atoms with Gasteiger partial charge in [-0.2, -0.15) is 45.5 Å². The van der Waals surface area contributed by atoms with E-state index in [-0.39, 0.29) is 37.4 Å². The van der Waals surface area contributed by atoms with E-state index in [1.54, 1.807) is 93.4 Å². The van der Waals surface area contributed by atoms with E-state index in [9.17, 15) is 31.1 Å². The molecular weight excluding hydrogens is 1030 g/mol. The second-order valence-corrected chi connectivity index (χ2v) is 17.8. The molecule has 0 N–H and O–H groups in total. The maximum absolute atomic E-state index is 12.8. The van der Waals surface area contributed by atoms with Crippen molar-refractivity contribution in [3.05, 3.63) is 161 Å². The van der Waals surface area contributed by atoms with Crippen LogP contribution in [-0.4, -0.2) is 76.3 Å². The van der Waals surface area contributed by atoms with Gasteiger partial charge in [-0.1, -0.05) is 6.92 Å². The van der Waals surface area contributed by atoms with Crippen LogP contribution in [0, 0.1) is 13.8 Å². The zero-order valence-electron chi connectivity index (χ0n) is 41.6. The van der Waals surface area contributed by atoms with Crippen LogP contribution in [0.4, 0.5) is 26.3 Å². The molecule has 2 unspecified atom stereocenters. The molecular formula is C55H54F6O12S2. The minimum atomic E-state index is -4.40. The number of carbonyl (C=O) groups is 1. The Morgan fingerprint density at radius 3 is 1.17 bits per heavy atom. The van der Waals surface area contributed by atoms with Gasteiger partial charge in [0.2, 0.25) is 0 Å². The number of methoxy groups -OCH3 is 3. The first kappa shape index (κ1) is 61.9. The fourth-order valence-electron chi connectivity index (χ4n) is 6.48. The highest BCUT2D eigenvalue weighted by molar-refractivity contribution is 7.99. The van der Waals surface area contributed by atoms with E-state index in [2.05, 4.69) is 0 Å². The van der Waals surface area contributed by atoms with Crippen LogP contribution in [0.3, 0.4) is 0 Å². The van der Waals surface area contributed by atoms with Crippen LogP contribution < -0.4 is 33.2 Å². The third-order valence-electron chi connectivity index (χ3n) is 10.2. The summed E-state index contributed by atoms with van der Waals surface area (Å²) >= 11 is 3.17. The van der Waals surface area contributed by atoms with E-state index in [0.29, 0.717) is 52.2 Å². The second-order valence-electron chi connectivity index (χ2n) is 15.6. The molecule has 0 saturated carbocycles. The summed E-state index contributed by atoms with van der Waals surface area (Å²) in [6.45, 7) is 6.19. The van der Waals surface area contributed by atoms with Crippen LogP contribution in [0.5, 0.6) is 40.2 Å². The van der Waals surface area contributed by atoms with Crippen molar-refractivity contribution in [3.8, 4) is 40.2 Å². The number of aryl methyl sites for hydroxylation is 2. The number of rotatable bonds is 22. The summed E-state index contributed by atoms with van der Waals surface area (Å²) < 4.78 is 116. The number of halogens is 6. The molecule has 6 aromatic rings. The molecule has 75 heavy (non-hydrogen) atoms. The number of ether oxygens (including phenoxy) is 7. The predicted molar refractivity (Wildman–Crippen MR) is 268 cm³/mol. The van der Waals surface area contributed by atoms with E-state index >= 15 is 0 Å². The molecule has 0 aliphatic heterocycles. The van der Waals surface area contributed by atoms with Gasteiger partial charge in [0.15, 0.2) is 5.78 Å². The number of carbonyl (C=O) groups excluding carboxylic acids is 5. The molecule has 0 amide bonds. The Balaban J connectivity index is 0.000000359. The average molecular weight is 1090 g/mol. The first-order chi connectivity index (χ1) is 35.8. The molecule has 0 aromatic heterocycles. The van der Waals surface area contributed by atoms with Crippen LogP contribution in [0.2, 0.25) is 0 Å². The molecule has 20 heteroatoms. The van der Waals surface area contributed by atoms with Gasteiger partial charge in [-0.05, 0) is 165 Å². The number of Topliss-reactive ketones (excluding diaryl/α,β-unsaturated/α-hetero) is 1. The van der Waals surface area contributed by atoms with Gasteiger partial charge in [0.1, 0.15) is 65.7 Å². The fraction of sp³-hybridized carbons (Fsp3) is 0.291. The fourth-order valence-corrected chi connectivity index (χ4v) is 8.41. The molecule has 400 valence electrons. The van der Waals surface area contributed by atoms with Crippen molar-refractivity contribution in [2.45, 2.75) is 68.0 Å². The SMILES string of the molecule is CCCC(=O)c1ccc(OC(COc2ccc(C(F)(F)F)cc2)CSc2ccc(OC)c(C)c2)cc1.COc1ccc(OC(COc2ccc(C(F)(F)F)cc2)CSc2ccc(OC)c(C)c2)cc1.O=C=O.O=C=O. The summed E-state index contributed by atoms with van der Waals surface area (Å²) in [5, 5.41) is 0. The molecule has 0 radical (unpaired) electrons. The molecule has 0 bridgehead atoms. The third kappa shape index (κ3) is 22.3. The average Bonchev–Trinajstić information content (AvgIpc) is 3.39. The van der Waals surface area contributed by atoms with Crippen LogP contribution in [0.25, 0.3) is 0 Å². The lowest BCUT2D eigenvalue weighted by molar-refractivity contribution is -0.193. The highest BCUT2D eigenvalue weighted by Gasteiger charge is 2.31. The largest absolute Gasteiger partial charge is 0.497 e. The smallest absolute Gasteiger partial charge is 0.416 e. The number of benzene rings is 6. The Bertz CT molecular complexity index is 2700. The number of hydrogen-bond donors (Lipinski definition) is 0. The van der Waals surface area contributed by atoms with Crippen LogP contribution in [0.1, 0.15) is 52.4 Å². The summed E-state index contributed by atoms with van der Waals surface area (Å²) in [4.78, 5) is 46.7. The van der Waals surface area contributed by atoms with Crippen LogP contribution >= 0.6 is 23.5 Å². The lowest BCUT2D eigenvalue weighted by Gasteiger charge is -2.20. The van der Waals surface area contributed by atoms with Crippen molar-refractivity contribution in [3.63, 3.8) is 0 Å². The Hall–Kier alpha value is -7.37. The van der Waals surface area contributed by atoms with Crippen molar-refractivity contribution >= 4 is 41.6 Å². The van der Waals surface area contributed by atoms with Crippen molar-refractivity contribution in [1.82, 2.24) is 0 Å². The van der Waals surface area contributed by atoms with Gasteiger partial charge in [0, 0.05) is 33.3 Å². The molecule has 2 atom stereocenters. The molecule has 0 aliphatic rings. The summed E-state index contributed by atoms with van der Waals surface area (Å²) in [5.74, 6) is 5.39. The highest BCUT2D eigenvalue weighted by atomic mass is 32.2. The summed E-state index contributed by atoms with van der Waals surface area (Å²) in [7, 11) is 4.84. The molecule has 0 heterocycles. The lowest BCUT2D eigenvalue weighted by Crippen LogP contribution is -2.27. The van der Waals surface area contributed by atoms with E-state index in [0.717, 1.165) is 63.1 Å². The first-order valence-corrected chi connectivity index (χ1v) is 24.5. The van der Waals surface area contributed by atoms with E-state index < -0.39 is 29.6 Å². The van der Waals surface area contributed by atoms with E-state index in [1.807, 2.05) is 57.2 Å². The molecule has 0 fully saturated rings. The van der Waals surface area contributed by atoms with Gasteiger partial charge in [-0.15, -0.1) is 23.5 Å².